The van der Waals surface area contributed by atoms with Gasteiger partial charge in [-0.2, -0.15) is 0 Å². The standard InChI is InChI=1S/C8H11F2N3/c9-8(10)5-11-2-1-7(8)13-4-3-12-6-13/h3-4,6-7,11H,1-2,5H2/t7-/m1/s1. The van der Waals surface area contributed by atoms with Crippen molar-refractivity contribution in [2.45, 2.75) is 18.4 Å². The molecule has 1 fully saturated rings. The van der Waals surface area contributed by atoms with Gasteiger partial charge in [0.25, 0.3) is 5.92 Å². The van der Waals surface area contributed by atoms with Gasteiger partial charge >= 0.3 is 0 Å². The lowest BCUT2D eigenvalue weighted by Gasteiger charge is -2.32. The first kappa shape index (κ1) is 8.62. The summed E-state index contributed by atoms with van der Waals surface area (Å²) in [6, 6.07) is -0.740. The van der Waals surface area contributed by atoms with Crippen LogP contribution in [0, 0.1) is 0 Å². The lowest BCUT2D eigenvalue weighted by Crippen LogP contribution is -2.46. The monoisotopic (exact) mass is 187 g/mol. The fraction of sp³-hybridized carbons (Fsp3) is 0.625. The number of hydrogen-bond acceptors (Lipinski definition) is 2. The van der Waals surface area contributed by atoms with Gasteiger partial charge in [-0.15, -0.1) is 0 Å². The Hall–Kier alpha value is -0.970. The van der Waals surface area contributed by atoms with E-state index >= 15 is 0 Å². The zero-order chi connectivity index (χ0) is 9.31. The van der Waals surface area contributed by atoms with Gasteiger partial charge in [-0.3, -0.25) is 0 Å². The van der Waals surface area contributed by atoms with Crippen molar-refractivity contribution in [3.63, 3.8) is 0 Å². The fourth-order valence-electron chi connectivity index (χ4n) is 1.64. The van der Waals surface area contributed by atoms with E-state index in [9.17, 15) is 8.78 Å². The molecule has 72 valence electrons. The van der Waals surface area contributed by atoms with Crippen LogP contribution >= 0.6 is 0 Å². The van der Waals surface area contributed by atoms with Gasteiger partial charge in [-0.05, 0) is 13.0 Å². The Bertz CT molecular complexity index is 271. The second-order valence-electron chi connectivity index (χ2n) is 3.25. The summed E-state index contributed by atoms with van der Waals surface area (Å²) in [6.07, 6.45) is 5.01. The summed E-state index contributed by atoms with van der Waals surface area (Å²) in [4.78, 5) is 3.77. The zero-order valence-electron chi connectivity index (χ0n) is 7.08. The Morgan fingerprint density at radius 3 is 3.00 bits per heavy atom. The molecule has 1 saturated heterocycles. The van der Waals surface area contributed by atoms with E-state index < -0.39 is 12.0 Å². The van der Waals surface area contributed by atoms with Crippen LogP contribution in [0.25, 0.3) is 0 Å². The van der Waals surface area contributed by atoms with Crippen molar-refractivity contribution in [2.75, 3.05) is 13.1 Å². The highest BCUT2D eigenvalue weighted by Gasteiger charge is 2.42. The summed E-state index contributed by atoms with van der Waals surface area (Å²) in [5.74, 6) is -2.67. The number of aromatic nitrogens is 2. The molecule has 0 saturated carbocycles. The van der Waals surface area contributed by atoms with E-state index in [0.717, 1.165) is 0 Å². The van der Waals surface area contributed by atoms with Gasteiger partial charge in [-0.1, -0.05) is 0 Å². The molecule has 0 unspecified atom stereocenters. The van der Waals surface area contributed by atoms with E-state index in [2.05, 4.69) is 10.3 Å². The van der Waals surface area contributed by atoms with Gasteiger partial charge in [0.2, 0.25) is 0 Å². The molecule has 1 aliphatic heterocycles. The number of rotatable bonds is 1. The van der Waals surface area contributed by atoms with Crippen molar-refractivity contribution in [1.82, 2.24) is 14.9 Å². The van der Waals surface area contributed by atoms with Gasteiger partial charge in [0, 0.05) is 12.4 Å². The Balaban J connectivity index is 2.21. The van der Waals surface area contributed by atoms with Gasteiger partial charge < -0.3 is 9.88 Å². The minimum atomic E-state index is -2.67. The molecule has 0 amide bonds. The summed E-state index contributed by atoms with van der Waals surface area (Å²) in [5, 5.41) is 2.68. The van der Waals surface area contributed by atoms with E-state index in [0.29, 0.717) is 13.0 Å². The van der Waals surface area contributed by atoms with Crippen LogP contribution in [0.5, 0.6) is 0 Å². The van der Waals surface area contributed by atoms with Crippen molar-refractivity contribution in [3.8, 4) is 0 Å². The van der Waals surface area contributed by atoms with E-state index in [1.165, 1.54) is 17.1 Å². The van der Waals surface area contributed by atoms with Crippen molar-refractivity contribution < 1.29 is 8.78 Å². The molecule has 13 heavy (non-hydrogen) atoms. The average molecular weight is 187 g/mol. The molecule has 0 aliphatic carbocycles. The summed E-state index contributed by atoms with van der Waals surface area (Å²) < 4.78 is 28.1. The number of halogens is 2. The number of nitrogens with zero attached hydrogens (tertiary/aromatic N) is 2. The maximum absolute atomic E-state index is 13.3. The largest absolute Gasteiger partial charge is 0.328 e. The highest BCUT2D eigenvalue weighted by molar-refractivity contribution is 4.92. The molecule has 1 aromatic heterocycles. The Morgan fingerprint density at radius 2 is 2.38 bits per heavy atom. The predicted molar refractivity (Wildman–Crippen MR) is 43.7 cm³/mol. The third-order valence-electron chi connectivity index (χ3n) is 2.33. The molecule has 0 radical (unpaired) electrons. The highest BCUT2D eigenvalue weighted by Crippen LogP contribution is 2.33. The van der Waals surface area contributed by atoms with E-state index in [1.54, 1.807) is 6.20 Å². The molecule has 1 atom stereocenters. The number of piperidine rings is 1. The van der Waals surface area contributed by atoms with Crippen LogP contribution in [0.2, 0.25) is 0 Å². The Kier molecular flexibility index (Phi) is 2.03. The molecule has 1 N–H and O–H groups in total. The second kappa shape index (κ2) is 3.06. The summed E-state index contributed by atoms with van der Waals surface area (Å²) >= 11 is 0. The van der Waals surface area contributed by atoms with Crippen LogP contribution in [0.4, 0.5) is 8.78 Å². The molecule has 1 aromatic rings. The lowest BCUT2D eigenvalue weighted by atomic mass is 10.0. The predicted octanol–water partition coefficient (Wildman–Crippen LogP) is 1.05. The van der Waals surface area contributed by atoms with Crippen molar-refractivity contribution in [1.29, 1.82) is 0 Å². The third kappa shape index (κ3) is 1.56. The maximum atomic E-state index is 13.3. The summed E-state index contributed by atoms with van der Waals surface area (Å²) in [6.45, 7) is 0.397. The van der Waals surface area contributed by atoms with E-state index in [4.69, 9.17) is 0 Å². The number of nitrogens with one attached hydrogen (secondary N) is 1. The van der Waals surface area contributed by atoms with Crippen LogP contribution in [0.1, 0.15) is 12.5 Å². The first-order valence-electron chi connectivity index (χ1n) is 4.26. The Labute approximate surface area is 74.8 Å². The third-order valence-corrected chi connectivity index (χ3v) is 2.33. The Morgan fingerprint density at radius 1 is 1.54 bits per heavy atom. The van der Waals surface area contributed by atoms with Gasteiger partial charge in [-0.25, -0.2) is 13.8 Å². The highest BCUT2D eigenvalue weighted by atomic mass is 19.3. The average Bonchev–Trinajstić information content (AvgIpc) is 2.55. The molecule has 3 nitrogen and oxygen atoms in total. The van der Waals surface area contributed by atoms with Gasteiger partial charge in [0.15, 0.2) is 0 Å². The van der Waals surface area contributed by atoms with E-state index in [1.807, 2.05) is 0 Å². The minimum Gasteiger partial charge on any atom is -0.328 e. The van der Waals surface area contributed by atoms with Crippen LogP contribution in [-0.4, -0.2) is 28.6 Å². The second-order valence-corrected chi connectivity index (χ2v) is 3.25. The lowest BCUT2D eigenvalue weighted by molar-refractivity contribution is -0.0659. The SMILES string of the molecule is FC1(F)CNCC[C@H]1n1ccnc1. The van der Waals surface area contributed by atoms with E-state index in [-0.39, 0.29) is 6.54 Å². The van der Waals surface area contributed by atoms with Crippen LogP contribution in [0.15, 0.2) is 18.7 Å². The smallest absolute Gasteiger partial charge is 0.280 e. The van der Waals surface area contributed by atoms with Crippen LogP contribution in [-0.2, 0) is 0 Å². The molecule has 0 aromatic carbocycles. The first-order valence-corrected chi connectivity index (χ1v) is 4.26. The molecule has 5 heteroatoms. The maximum Gasteiger partial charge on any atom is 0.280 e. The quantitative estimate of drug-likeness (QED) is 0.712. The van der Waals surface area contributed by atoms with Crippen molar-refractivity contribution >= 4 is 0 Å². The molecular weight excluding hydrogens is 176 g/mol. The van der Waals surface area contributed by atoms with Crippen LogP contribution < -0.4 is 5.32 Å². The number of hydrogen-bond donors (Lipinski definition) is 1. The van der Waals surface area contributed by atoms with Crippen LogP contribution in [0.3, 0.4) is 0 Å². The molecule has 2 rings (SSSR count). The number of imidazole rings is 1. The number of alkyl halides is 2. The molecule has 1 aliphatic rings. The minimum absolute atomic E-state index is 0.240. The fourth-order valence-corrected chi connectivity index (χ4v) is 1.64. The summed E-state index contributed by atoms with van der Waals surface area (Å²) in [5.41, 5.74) is 0. The van der Waals surface area contributed by atoms with Crippen molar-refractivity contribution in [2.24, 2.45) is 0 Å². The van der Waals surface area contributed by atoms with Crippen molar-refractivity contribution in [3.05, 3.63) is 18.7 Å². The molecule has 0 spiro atoms. The normalized spacial score (nSPS) is 27.4. The zero-order valence-corrected chi connectivity index (χ0v) is 7.08. The molecular formula is C8H11F2N3. The molecule has 0 bridgehead atoms. The summed E-state index contributed by atoms with van der Waals surface area (Å²) in [7, 11) is 0. The van der Waals surface area contributed by atoms with Gasteiger partial charge in [0.05, 0.1) is 12.9 Å². The topological polar surface area (TPSA) is 29.9 Å². The molecule has 2 heterocycles. The van der Waals surface area contributed by atoms with Gasteiger partial charge in [0.1, 0.15) is 6.04 Å². The first-order chi connectivity index (χ1) is 6.20.